The highest BCUT2D eigenvalue weighted by Gasteiger charge is 2.27. The average Bonchev–Trinajstić information content (AvgIpc) is 3.12. The van der Waals surface area contributed by atoms with E-state index in [4.69, 9.17) is 10.8 Å². The fourth-order valence-electron chi connectivity index (χ4n) is 2.01. The van der Waals surface area contributed by atoms with E-state index >= 15 is 0 Å². The molecule has 0 saturated heterocycles. The number of aromatic nitrogens is 1. The molecule has 0 radical (unpaired) electrons. The molecule has 1 saturated carbocycles. The van der Waals surface area contributed by atoms with Gasteiger partial charge in [-0.2, -0.15) is 0 Å². The number of anilines is 1. The molecule has 1 aliphatic carbocycles. The normalized spacial score (nSPS) is 15.4. The van der Waals surface area contributed by atoms with Crippen LogP contribution >= 0.6 is 0 Å². The van der Waals surface area contributed by atoms with Crippen molar-refractivity contribution in [1.29, 1.82) is 0 Å². The SMILES string of the molecule is Nc1ccc(=O)n(CCN(CCO)C2CC2)c1. The molecule has 1 fully saturated rings. The molecule has 17 heavy (non-hydrogen) atoms. The lowest BCUT2D eigenvalue weighted by Gasteiger charge is -2.21. The van der Waals surface area contributed by atoms with Gasteiger partial charge in [-0.15, -0.1) is 0 Å². The second kappa shape index (κ2) is 5.33. The predicted molar refractivity (Wildman–Crippen MR) is 66.8 cm³/mol. The molecule has 94 valence electrons. The highest BCUT2D eigenvalue weighted by Crippen LogP contribution is 2.26. The van der Waals surface area contributed by atoms with Gasteiger partial charge in [-0.05, 0) is 18.9 Å². The Labute approximate surface area is 100 Å². The first-order chi connectivity index (χ1) is 8.20. The number of hydrogen-bond donors (Lipinski definition) is 2. The maximum absolute atomic E-state index is 11.6. The third-order valence-electron chi connectivity index (χ3n) is 3.08. The summed E-state index contributed by atoms with van der Waals surface area (Å²) in [6, 6.07) is 3.70. The summed E-state index contributed by atoms with van der Waals surface area (Å²) in [7, 11) is 0. The van der Waals surface area contributed by atoms with E-state index in [-0.39, 0.29) is 12.2 Å². The lowest BCUT2D eigenvalue weighted by molar-refractivity contribution is 0.184. The molecule has 1 heterocycles. The first-order valence-corrected chi connectivity index (χ1v) is 6.01. The number of aliphatic hydroxyl groups excluding tert-OH is 1. The molecule has 0 bridgehead atoms. The summed E-state index contributed by atoms with van der Waals surface area (Å²) in [4.78, 5) is 13.8. The predicted octanol–water partition coefficient (Wildman–Crippen LogP) is -0.113. The molecule has 3 N–H and O–H groups in total. The largest absolute Gasteiger partial charge is 0.398 e. The topological polar surface area (TPSA) is 71.5 Å². The van der Waals surface area contributed by atoms with Crippen LogP contribution in [0.1, 0.15) is 12.8 Å². The zero-order valence-corrected chi connectivity index (χ0v) is 9.88. The van der Waals surface area contributed by atoms with Crippen LogP contribution in [-0.2, 0) is 6.54 Å². The van der Waals surface area contributed by atoms with E-state index < -0.39 is 0 Å². The maximum Gasteiger partial charge on any atom is 0.250 e. The smallest absolute Gasteiger partial charge is 0.250 e. The van der Waals surface area contributed by atoms with Gasteiger partial charge in [0.2, 0.25) is 0 Å². The molecule has 1 aliphatic rings. The zero-order chi connectivity index (χ0) is 12.3. The van der Waals surface area contributed by atoms with E-state index in [0.29, 0.717) is 24.8 Å². The van der Waals surface area contributed by atoms with E-state index in [1.165, 1.54) is 18.9 Å². The Morgan fingerprint density at radius 2 is 2.18 bits per heavy atom. The number of nitrogens with zero attached hydrogens (tertiary/aromatic N) is 2. The van der Waals surface area contributed by atoms with Crippen molar-refractivity contribution in [2.24, 2.45) is 0 Å². The van der Waals surface area contributed by atoms with Gasteiger partial charge in [0.15, 0.2) is 0 Å². The molecule has 5 nitrogen and oxygen atoms in total. The molecular weight excluding hydrogens is 218 g/mol. The van der Waals surface area contributed by atoms with Gasteiger partial charge < -0.3 is 15.4 Å². The third-order valence-corrected chi connectivity index (χ3v) is 3.08. The fraction of sp³-hybridized carbons (Fsp3) is 0.583. The fourth-order valence-corrected chi connectivity index (χ4v) is 2.01. The maximum atomic E-state index is 11.6. The molecule has 5 heteroatoms. The van der Waals surface area contributed by atoms with Crippen molar-refractivity contribution in [3.63, 3.8) is 0 Å². The van der Waals surface area contributed by atoms with Gasteiger partial charge in [0, 0.05) is 43.6 Å². The molecule has 2 rings (SSSR count). The van der Waals surface area contributed by atoms with Crippen LogP contribution in [0.5, 0.6) is 0 Å². The quantitative estimate of drug-likeness (QED) is 0.724. The first kappa shape index (κ1) is 12.1. The van der Waals surface area contributed by atoms with E-state index in [1.807, 2.05) is 0 Å². The first-order valence-electron chi connectivity index (χ1n) is 6.01. The summed E-state index contributed by atoms with van der Waals surface area (Å²) in [6.45, 7) is 2.26. The summed E-state index contributed by atoms with van der Waals surface area (Å²) in [5, 5.41) is 8.98. The lowest BCUT2D eigenvalue weighted by Crippen LogP contribution is -2.34. The van der Waals surface area contributed by atoms with Gasteiger partial charge in [-0.3, -0.25) is 9.69 Å². The van der Waals surface area contributed by atoms with Crippen LogP contribution in [0, 0.1) is 0 Å². The highest BCUT2D eigenvalue weighted by molar-refractivity contribution is 5.33. The summed E-state index contributed by atoms with van der Waals surface area (Å²) >= 11 is 0. The van der Waals surface area contributed by atoms with Crippen molar-refractivity contribution in [3.05, 3.63) is 28.7 Å². The summed E-state index contributed by atoms with van der Waals surface area (Å²) in [6.07, 6.45) is 4.07. The summed E-state index contributed by atoms with van der Waals surface area (Å²) in [5.41, 5.74) is 6.22. The Bertz CT molecular complexity index is 426. The van der Waals surface area contributed by atoms with Gasteiger partial charge in [-0.25, -0.2) is 0 Å². The van der Waals surface area contributed by atoms with Gasteiger partial charge in [0.05, 0.1) is 6.61 Å². The van der Waals surface area contributed by atoms with Crippen molar-refractivity contribution in [2.45, 2.75) is 25.4 Å². The van der Waals surface area contributed by atoms with Crippen LogP contribution in [0.25, 0.3) is 0 Å². The van der Waals surface area contributed by atoms with E-state index in [9.17, 15) is 4.79 Å². The second-order valence-electron chi connectivity index (χ2n) is 4.48. The molecule has 0 spiro atoms. The van der Waals surface area contributed by atoms with Gasteiger partial charge in [0.1, 0.15) is 0 Å². The Hall–Kier alpha value is -1.33. The van der Waals surface area contributed by atoms with Gasteiger partial charge in [-0.1, -0.05) is 0 Å². The van der Waals surface area contributed by atoms with E-state index in [1.54, 1.807) is 16.8 Å². The van der Waals surface area contributed by atoms with Crippen LogP contribution in [0.3, 0.4) is 0 Å². The molecule has 1 aromatic rings. The number of pyridine rings is 1. The van der Waals surface area contributed by atoms with Crippen LogP contribution in [0.4, 0.5) is 5.69 Å². The standard InChI is InChI=1S/C12H19N3O2/c13-10-1-4-12(17)15(9-10)6-5-14(7-8-16)11-2-3-11/h1,4,9,11,16H,2-3,5-8,13H2. The molecule has 0 amide bonds. The monoisotopic (exact) mass is 237 g/mol. The molecule has 0 aliphatic heterocycles. The minimum Gasteiger partial charge on any atom is -0.398 e. The zero-order valence-electron chi connectivity index (χ0n) is 9.88. The number of nitrogen functional groups attached to an aromatic ring is 1. The number of hydrogen-bond acceptors (Lipinski definition) is 4. The van der Waals surface area contributed by atoms with Gasteiger partial charge >= 0.3 is 0 Å². The molecule has 0 unspecified atom stereocenters. The van der Waals surface area contributed by atoms with Crippen molar-refractivity contribution in [2.75, 3.05) is 25.4 Å². The molecule has 0 atom stereocenters. The van der Waals surface area contributed by atoms with E-state index in [0.717, 1.165) is 6.54 Å². The number of nitrogens with two attached hydrogens (primary N) is 1. The Morgan fingerprint density at radius 3 is 2.82 bits per heavy atom. The minimum absolute atomic E-state index is 0.0288. The average molecular weight is 237 g/mol. The van der Waals surface area contributed by atoms with Crippen LogP contribution in [0.15, 0.2) is 23.1 Å². The lowest BCUT2D eigenvalue weighted by atomic mass is 10.4. The Kier molecular flexibility index (Phi) is 3.81. The third kappa shape index (κ3) is 3.31. The Morgan fingerprint density at radius 1 is 1.41 bits per heavy atom. The molecule has 1 aromatic heterocycles. The second-order valence-corrected chi connectivity index (χ2v) is 4.48. The van der Waals surface area contributed by atoms with Crippen LogP contribution < -0.4 is 11.3 Å². The summed E-state index contributed by atoms with van der Waals surface area (Å²) < 4.78 is 1.63. The van der Waals surface area contributed by atoms with Crippen molar-refractivity contribution < 1.29 is 5.11 Å². The van der Waals surface area contributed by atoms with Crippen LogP contribution in [0.2, 0.25) is 0 Å². The minimum atomic E-state index is -0.0288. The molecular formula is C12H19N3O2. The van der Waals surface area contributed by atoms with Crippen LogP contribution in [-0.4, -0.2) is 40.3 Å². The van der Waals surface area contributed by atoms with E-state index in [2.05, 4.69) is 4.90 Å². The summed E-state index contributed by atoms with van der Waals surface area (Å²) in [5.74, 6) is 0. The highest BCUT2D eigenvalue weighted by atomic mass is 16.3. The van der Waals surface area contributed by atoms with Crippen molar-refractivity contribution in [3.8, 4) is 0 Å². The number of aliphatic hydroxyl groups is 1. The van der Waals surface area contributed by atoms with Crippen molar-refractivity contribution in [1.82, 2.24) is 9.47 Å². The van der Waals surface area contributed by atoms with Gasteiger partial charge in [0.25, 0.3) is 5.56 Å². The van der Waals surface area contributed by atoms with Crippen molar-refractivity contribution >= 4 is 5.69 Å². The molecule has 0 aromatic carbocycles. The number of rotatable bonds is 6. The Balaban J connectivity index is 1.95.